The lowest BCUT2D eigenvalue weighted by atomic mass is 9.90. The summed E-state index contributed by atoms with van der Waals surface area (Å²) in [7, 11) is 0. The van der Waals surface area contributed by atoms with Crippen molar-refractivity contribution in [1.29, 1.82) is 0 Å². The van der Waals surface area contributed by atoms with Crippen molar-refractivity contribution in [3.05, 3.63) is 101 Å². The zero-order valence-electron chi connectivity index (χ0n) is 36.9. The van der Waals surface area contributed by atoms with E-state index in [1.54, 1.807) is 24.3 Å². The number of fused-ring (bicyclic) bond motifs is 2. The summed E-state index contributed by atoms with van der Waals surface area (Å²) in [6.07, 6.45) is 3.44. The van der Waals surface area contributed by atoms with Crippen molar-refractivity contribution in [2.45, 2.75) is 74.4 Å². The number of hydrogen-bond donors (Lipinski definition) is 10. The summed E-state index contributed by atoms with van der Waals surface area (Å²) in [5.41, 5.74) is 12.3. The monoisotopic (exact) mass is 967 g/mol. The Morgan fingerprint density at radius 3 is 2.41 bits per heavy atom. The van der Waals surface area contributed by atoms with Crippen LogP contribution in [0.5, 0.6) is 5.75 Å². The molecule has 3 aliphatic rings. The van der Waals surface area contributed by atoms with Crippen LogP contribution in [0.4, 0.5) is 5.69 Å². The van der Waals surface area contributed by atoms with Gasteiger partial charge in [-0.3, -0.25) is 24.2 Å². The van der Waals surface area contributed by atoms with Crippen LogP contribution in [0.1, 0.15) is 61.7 Å². The number of carboxylic acid groups (broad SMARTS) is 2. The molecule has 3 atom stereocenters. The molecule has 0 aromatic heterocycles. The number of nitrogens with zero attached hydrogens (tertiary/aromatic N) is 2. The minimum Gasteiger partial charge on any atom is -0.508 e. The quantitative estimate of drug-likeness (QED) is 0.0116. The number of unbranched alkanes of at least 4 members (excludes halogenated alkanes) is 2. The van der Waals surface area contributed by atoms with E-state index in [0.717, 1.165) is 11.3 Å². The molecule has 0 bridgehead atoms. The topological polar surface area (TPSA) is 304 Å². The molecule has 3 amide bonds. The predicted molar refractivity (Wildman–Crippen MR) is 262 cm³/mol. The number of hydrogen-bond acceptors (Lipinski definition) is 12. The van der Waals surface area contributed by atoms with Crippen molar-refractivity contribution in [2.24, 2.45) is 16.5 Å². The number of amides is 3. The highest BCUT2D eigenvalue weighted by Crippen LogP contribution is 2.42. The van der Waals surface area contributed by atoms with Crippen molar-refractivity contribution in [3.63, 3.8) is 0 Å². The minimum atomic E-state index is -1.43. The van der Waals surface area contributed by atoms with Crippen molar-refractivity contribution in [3.8, 4) is 28.2 Å². The summed E-state index contributed by atoms with van der Waals surface area (Å²) in [6, 6.07) is 19.9. The van der Waals surface area contributed by atoms with Crippen LogP contribution in [0.2, 0.25) is 0 Å². The van der Waals surface area contributed by atoms with Gasteiger partial charge in [0.1, 0.15) is 29.2 Å². The molecule has 2 heterocycles. The Morgan fingerprint density at radius 1 is 0.882 bits per heavy atom. The first kappa shape index (κ1) is 50.2. The Morgan fingerprint density at radius 2 is 1.66 bits per heavy atom. The highest BCUT2D eigenvalue weighted by molar-refractivity contribution is 7.97. The molecule has 1 aliphatic carbocycles. The van der Waals surface area contributed by atoms with E-state index in [1.165, 1.54) is 42.3 Å². The van der Waals surface area contributed by atoms with Gasteiger partial charge in [-0.1, -0.05) is 24.3 Å². The van der Waals surface area contributed by atoms with Gasteiger partial charge in [0.2, 0.25) is 17.7 Å². The summed E-state index contributed by atoms with van der Waals surface area (Å²) in [6.45, 7) is 0.885. The molecular formula is C47H53N9O10S2. The maximum atomic E-state index is 13.6. The SMILES string of the molecule is NC(N)=NCCCCC(=O)NC(CCCCNC(=S)Nc1ccc(-c2c3ccc(=O)cc-3oc3cc(O)ccc23)c(C(=O)O)c1)C(=O)NCC(NC(=O)C1CCCN1Sc1ccccc1)C(=O)O. The van der Waals surface area contributed by atoms with Gasteiger partial charge < -0.3 is 57.8 Å². The molecule has 19 nitrogen and oxygen atoms in total. The molecule has 3 aromatic carbocycles. The number of aliphatic carboxylic acids is 1. The van der Waals surface area contributed by atoms with E-state index in [9.17, 15) is 44.1 Å². The van der Waals surface area contributed by atoms with Crippen LogP contribution >= 0.6 is 24.2 Å². The van der Waals surface area contributed by atoms with Gasteiger partial charge in [-0.25, -0.2) is 13.9 Å². The average molecular weight is 968 g/mol. The van der Waals surface area contributed by atoms with Crippen molar-refractivity contribution >= 4 is 81.6 Å². The van der Waals surface area contributed by atoms with Gasteiger partial charge >= 0.3 is 11.9 Å². The van der Waals surface area contributed by atoms with E-state index in [-0.39, 0.29) is 52.0 Å². The smallest absolute Gasteiger partial charge is 0.336 e. The Balaban J connectivity index is 1.05. The van der Waals surface area contributed by atoms with Crippen LogP contribution in [0.25, 0.3) is 33.4 Å². The number of carbonyl (C=O) groups is 5. The van der Waals surface area contributed by atoms with Gasteiger partial charge in [-0.2, -0.15) is 0 Å². The molecular weight excluding hydrogens is 915 g/mol. The Labute approximate surface area is 400 Å². The molecule has 3 unspecified atom stereocenters. The summed E-state index contributed by atoms with van der Waals surface area (Å²) in [5.74, 6) is -3.95. The first-order valence-corrected chi connectivity index (χ1v) is 23.1. The maximum Gasteiger partial charge on any atom is 0.336 e. The number of aromatic hydroxyl groups is 1. The van der Waals surface area contributed by atoms with Gasteiger partial charge in [-0.15, -0.1) is 0 Å². The van der Waals surface area contributed by atoms with Gasteiger partial charge in [-0.05, 0) is 123 Å². The number of nitrogens with one attached hydrogen (secondary N) is 5. The Bertz CT molecular complexity index is 2700. The lowest BCUT2D eigenvalue weighted by Gasteiger charge is -2.25. The number of anilines is 1. The number of carbonyl (C=O) groups excluding carboxylic acids is 3. The molecule has 21 heteroatoms. The van der Waals surface area contributed by atoms with E-state index in [1.807, 2.05) is 34.6 Å². The third kappa shape index (κ3) is 13.9. The van der Waals surface area contributed by atoms with Crippen LogP contribution < -0.4 is 43.5 Å². The number of carboxylic acids is 2. The zero-order valence-corrected chi connectivity index (χ0v) is 38.5. The molecule has 358 valence electrons. The first-order valence-electron chi connectivity index (χ1n) is 21.9. The van der Waals surface area contributed by atoms with Crippen LogP contribution in [-0.2, 0) is 19.2 Å². The van der Waals surface area contributed by atoms with Crippen LogP contribution in [0.15, 0.2) is 104 Å². The lowest BCUT2D eigenvalue weighted by Crippen LogP contribution is -2.55. The Hall–Kier alpha value is -7.23. The summed E-state index contributed by atoms with van der Waals surface area (Å²) >= 11 is 6.94. The fourth-order valence-corrected chi connectivity index (χ4v) is 9.00. The lowest BCUT2D eigenvalue weighted by molar-refractivity contribution is -0.142. The predicted octanol–water partition coefficient (Wildman–Crippen LogP) is 4.21. The van der Waals surface area contributed by atoms with E-state index in [0.29, 0.717) is 79.5 Å². The third-order valence-corrected chi connectivity index (χ3v) is 12.4. The van der Waals surface area contributed by atoms with E-state index >= 15 is 0 Å². The first-order chi connectivity index (χ1) is 32.7. The number of aliphatic imine (C=N–C) groups is 1. The molecule has 1 fully saturated rings. The molecule has 1 saturated heterocycles. The number of benzene rings is 4. The second kappa shape index (κ2) is 24.0. The van der Waals surface area contributed by atoms with Crippen molar-refractivity contribution < 1.29 is 43.7 Å². The van der Waals surface area contributed by atoms with E-state index in [4.69, 9.17) is 28.1 Å². The molecule has 2 aliphatic heterocycles. The molecule has 6 rings (SSSR count). The van der Waals surface area contributed by atoms with Gasteiger partial charge in [0, 0.05) is 71.8 Å². The molecule has 0 radical (unpaired) electrons. The largest absolute Gasteiger partial charge is 0.508 e. The number of thiocarbonyl (C=S) groups is 1. The number of rotatable bonds is 22. The Kier molecular flexibility index (Phi) is 17.7. The zero-order chi connectivity index (χ0) is 48.7. The number of phenols is 1. The average Bonchev–Trinajstić information content (AvgIpc) is 3.77. The highest BCUT2D eigenvalue weighted by Gasteiger charge is 2.34. The summed E-state index contributed by atoms with van der Waals surface area (Å²) < 4.78 is 7.83. The van der Waals surface area contributed by atoms with E-state index in [2.05, 4.69) is 31.6 Å². The number of nitrogens with two attached hydrogens (primary N) is 2. The van der Waals surface area contributed by atoms with Gasteiger partial charge in [0.15, 0.2) is 16.5 Å². The van der Waals surface area contributed by atoms with Crippen molar-refractivity contribution in [2.75, 3.05) is 31.5 Å². The van der Waals surface area contributed by atoms with Crippen molar-refractivity contribution in [1.82, 2.24) is 25.6 Å². The minimum absolute atomic E-state index is 0.0599. The number of guanidine groups is 1. The second-order valence-electron chi connectivity index (χ2n) is 16.0. The van der Waals surface area contributed by atoms with E-state index < -0.39 is 54.3 Å². The molecule has 0 spiro atoms. The van der Waals surface area contributed by atoms with Crippen LogP contribution in [-0.4, -0.2) is 105 Å². The maximum absolute atomic E-state index is 13.6. The van der Waals surface area contributed by atoms with Crippen LogP contribution in [0, 0.1) is 0 Å². The summed E-state index contributed by atoms with van der Waals surface area (Å²) in [4.78, 5) is 81.9. The fourth-order valence-electron chi connectivity index (χ4n) is 7.68. The molecule has 12 N–H and O–H groups in total. The van der Waals surface area contributed by atoms with Crippen LogP contribution in [0.3, 0.4) is 0 Å². The third-order valence-electron chi connectivity index (χ3n) is 11.0. The molecule has 68 heavy (non-hydrogen) atoms. The molecule has 3 aromatic rings. The summed E-state index contributed by atoms with van der Waals surface area (Å²) in [5, 5.41) is 45.2. The number of phenolic OH excluding ortho intramolecular Hbond substituents is 1. The number of aromatic carboxylic acids is 1. The second-order valence-corrected chi connectivity index (χ2v) is 17.5. The standard InChI is InChI=1S/C47H53N9O10S2/c48-46(49)50-20-7-5-13-40(59)54-35(42(60)52-26-36(45(64)65)55-43(61)37-12-8-22-56(37)68-30-9-2-1-3-10-30)11-4-6-21-51-47(67)53-27-14-17-31(34(23-27)44(62)63)41-32-18-15-28(57)24-38(32)66-39-25-29(58)16-19-33(39)41/h1-3,9-10,14-19,23-25,35-37,57H,4-8,11-13,20-22,26H2,(H,52,60)(H,54,59)(H,55,61)(H,62,63)(H,64,65)(H4,48,49,50)(H2,51,53,67). The van der Waals surface area contributed by atoms with Gasteiger partial charge in [0.25, 0.3) is 0 Å². The fraction of sp³-hybridized carbons (Fsp3) is 0.319. The van der Waals surface area contributed by atoms with Gasteiger partial charge in [0.05, 0.1) is 11.6 Å². The normalized spacial score (nSPS) is 14.4. The highest BCUT2D eigenvalue weighted by atomic mass is 32.2. The molecule has 0 saturated carbocycles.